The van der Waals surface area contributed by atoms with Crippen LogP contribution in [0.5, 0.6) is 11.5 Å². The lowest BCUT2D eigenvalue weighted by atomic mass is 10.1. The Morgan fingerprint density at radius 1 is 0.853 bits per heavy atom. The van der Waals surface area contributed by atoms with E-state index < -0.39 is 10.0 Å². The van der Waals surface area contributed by atoms with Gasteiger partial charge in [0.2, 0.25) is 5.84 Å². The van der Waals surface area contributed by atoms with Gasteiger partial charge < -0.3 is 4.74 Å². The first-order valence-electron chi connectivity index (χ1n) is 10.9. The van der Waals surface area contributed by atoms with Crippen LogP contribution in [0.15, 0.2) is 107 Å². The van der Waals surface area contributed by atoms with Gasteiger partial charge >= 0.3 is 0 Å². The maximum atomic E-state index is 12.7. The minimum Gasteiger partial charge on any atom is -0.457 e. The molecule has 34 heavy (non-hydrogen) atoms. The van der Waals surface area contributed by atoms with Crippen LogP contribution in [0, 0.1) is 6.92 Å². The lowest BCUT2D eigenvalue weighted by molar-refractivity contribution is -0.440. The van der Waals surface area contributed by atoms with Crippen molar-refractivity contribution in [2.24, 2.45) is 4.99 Å². The number of rotatable bonds is 7. The lowest BCUT2D eigenvalue weighted by Gasteiger charge is -2.08. The highest BCUT2D eigenvalue weighted by Gasteiger charge is 2.21. The monoisotopic (exact) mass is 470 g/mol. The molecule has 0 spiro atoms. The van der Waals surface area contributed by atoms with Crippen LogP contribution in [0.2, 0.25) is 0 Å². The smallest absolute Gasteiger partial charge is 0.261 e. The Morgan fingerprint density at radius 2 is 1.56 bits per heavy atom. The number of amidine groups is 1. The Morgan fingerprint density at radius 3 is 2.29 bits per heavy atom. The summed E-state index contributed by atoms with van der Waals surface area (Å²) < 4.78 is 33.9. The average molecular weight is 471 g/mol. The summed E-state index contributed by atoms with van der Waals surface area (Å²) >= 11 is 0. The number of ether oxygens (including phenoxy) is 1. The Hall–Kier alpha value is -3.94. The van der Waals surface area contributed by atoms with Crippen LogP contribution in [0.3, 0.4) is 0 Å². The normalized spacial score (nSPS) is 12.7. The average Bonchev–Trinajstić information content (AvgIpc) is 3.22. The minimum absolute atomic E-state index is 0.231. The number of nitrogens with two attached hydrogens (primary N) is 1. The number of hydrogen-bond acceptors (Lipinski definition) is 4. The van der Waals surface area contributed by atoms with Gasteiger partial charge in [0, 0.05) is 6.07 Å². The number of quaternary nitrogens is 1. The highest BCUT2D eigenvalue weighted by Crippen LogP contribution is 2.30. The zero-order valence-corrected chi connectivity index (χ0v) is 19.4. The standard InChI is InChI=1S/C27H23N3O3S/c1-19-7-14-24(15-8-19)34(31,32)30-21-11-16-25-26(18-21)29-27(28-25)17-20-9-12-23(13-10-20)33-22-5-3-2-4-6-22/h2-16,18,30H,17H2,1H3,(H,28,29)/p+1. The highest BCUT2D eigenvalue weighted by atomic mass is 32.2. The summed E-state index contributed by atoms with van der Waals surface area (Å²) in [6.07, 6.45) is 0.671. The molecule has 3 N–H and O–H groups in total. The number of nitrogens with one attached hydrogen (secondary N) is 1. The van der Waals surface area contributed by atoms with Crippen LogP contribution >= 0.6 is 0 Å². The molecule has 0 aliphatic carbocycles. The number of anilines is 1. The zero-order chi connectivity index (χ0) is 23.5. The summed E-state index contributed by atoms with van der Waals surface area (Å²) in [4.78, 5) is 4.94. The van der Waals surface area contributed by atoms with E-state index in [0.717, 1.165) is 39.8 Å². The second-order valence-electron chi connectivity index (χ2n) is 8.18. The number of fused-ring (bicyclic) bond motifs is 1. The summed E-state index contributed by atoms with van der Waals surface area (Å²) in [5.74, 6) is 2.50. The molecule has 6 nitrogen and oxygen atoms in total. The number of aliphatic imine (C=N–C) groups is 1. The van der Waals surface area contributed by atoms with Crippen LogP contribution in [0.1, 0.15) is 11.1 Å². The van der Waals surface area contributed by atoms with E-state index in [2.05, 4.69) is 4.72 Å². The molecule has 0 radical (unpaired) electrons. The number of hydrogen-bond donors (Lipinski definition) is 2. The van der Waals surface area contributed by atoms with Crippen LogP contribution in [-0.2, 0) is 16.4 Å². The van der Waals surface area contributed by atoms with Gasteiger partial charge in [0.05, 0.1) is 17.0 Å². The third-order valence-corrected chi connectivity index (χ3v) is 6.88. The topological polar surface area (TPSA) is 84.4 Å². The predicted octanol–water partition coefficient (Wildman–Crippen LogP) is 5.07. The highest BCUT2D eigenvalue weighted by molar-refractivity contribution is 7.92. The molecule has 0 saturated heterocycles. The molecule has 1 aliphatic rings. The zero-order valence-electron chi connectivity index (χ0n) is 18.6. The molecule has 0 amide bonds. The van der Waals surface area contributed by atoms with Crippen molar-refractivity contribution in [1.29, 1.82) is 0 Å². The number of benzene rings is 4. The molecule has 1 heterocycles. The quantitative estimate of drug-likeness (QED) is 0.370. The second kappa shape index (κ2) is 9.13. The van der Waals surface area contributed by atoms with Gasteiger partial charge in [0.25, 0.3) is 10.0 Å². The van der Waals surface area contributed by atoms with Crippen molar-refractivity contribution in [3.05, 3.63) is 108 Å². The summed E-state index contributed by atoms with van der Waals surface area (Å²) in [6, 6.07) is 29.8. The van der Waals surface area contributed by atoms with Crippen molar-refractivity contribution in [1.82, 2.24) is 0 Å². The number of aryl methyl sites for hydroxylation is 1. The third-order valence-electron chi connectivity index (χ3n) is 5.49. The Balaban J connectivity index is 1.26. The van der Waals surface area contributed by atoms with Gasteiger partial charge in [0.1, 0.15) is 17.2 Å². The van der Waals surface area contributed by atoms with Crippen LogP contribution in [0.25, 0.3) is 0 Å². The van der Waals surface area contributed by atoms with Crippen molar-refractivity contribution in [2.45, 2.75) is 18.2 Å². The van der Waals surface area contributed by atoms with Gasteiger partial charge in [-0.1, -0.05) is 48.0 Å². The van der Waals surface area contributed by atoms with Gasteiger partial charge in [-0.2, -0.15) is 4.99 Å². The third kappa shape index (κ3) is 5.01. The Bertz CT molecular complexity index is 1450. The van der Waals surface area contributed by atoms with E-state index in [1.54, 1.807) is 36.4 Å². The van der Waals surface area contributed by atoms with Gasteiger partial charge in [-0.3, -0.25) is 10.0 Å². The lowest BCUT2D eigenvalue weighted by Crippen LogP contribution is -2.81. The molecule has 0 aromatic heterocycles. The van der Waals surface area contributed by atoms with Gasteiger partial charge in [0.15, 0.2) is 5.69 Å². The first kappa shape index (κ1) is 21.9. The maximum absolute atomic E-state index is 12.7. The van der Waals surface area contributed by atoms with Gasteiger partial charge in [-0.05, 0) is 61.0 Å². The number of sulfonamides is 1. The molecule has 7 heteroatoms. The maximum Gasteiger partial charge on any atom is 0.261 e. The minimum atomic E-state index is -3.66. The van der Waals surface area contributed by atoms with E-state index >= 15 is 0 Å². The molecule has 0 atom stereocenters. The fraction of sp³-hybridized carbons (Fsp3) is 0.0741. The molecule has 0 bridgehead atoms. The summed E-state index contributed by atoms with van der Waals surface area (Å²) in [5.41, 5.74) is 4.33. The molecule has 0 saturated carbocycles. The fourth-order valence-electron chi connectivity index (χ4n) is 3.72. The molecule has 5 rings (SSSR count). The van der Waals surface area contributed by atoms with Crippen LogP contribution < -0.4 is 14.8 Å². The summed E-state index contributed by atoms with van der Waals surface area (Å²) in [6.45, 7) is 1.92. The number of para-hydroxylation sites is 1. The predicted molar refractivity (Wildman–Crippen MR) is 134 cm³/mol. The van der Waals surface area contributed by atoms with E-state index in [4.69, 9.17) is 9.73 Å². The van der Waals surface area contributed by atoms with Crippen molar-refractivity contribution >= 4 is 32.9 Å². The second-order valence-corrected chi connectivity index (χ2v) is 9.86. The molecule has 170 valence electrons. The molecule has 1 aliphatic heterocycles. The van der Waals surface area contributed by atoms with E-state index in [1.807, 2.05) is 72.9 Å². The van der Waals surface area contributed by atoms with E-state index in [9.17, 15) is 8.42 Å². The van der Waals surface area contributed by atoms with Crippen molar-refractivity contribution in [3.63, 3.8) is 0 Å². The first-order chi connectivity index (χ1) is 16.4. The molecule has 0 unspecified atom stereocenters. The fourth-order valence-corrected chi connectivity index (χ4v) is 4.77. The van der Waals surface area contributed by atoms with E-state index in [0.29, 0.717) is 12.1 Å². The molecular weight excluding hydrogens is 446 g/mol. The van der Waals surface area contributed by atoms with Crippen molar-refractivity contribution < 1.29 is 18.5 Å². The largest absolute Gasteiger partial charge is 0.457 e. The molecule has 4 aromatic rings. The van der Waals surface area contributed by atoms with E-state index in [-0.39, 0.29) is 4.90 Å². The van der Waals surface area contributed by atoms with Crippen LogP contribution in [0.4, 0.5) is 17.1 Å². The number of nitrogens with zero attached hydrogens (tertiary/aromatic N) is 1. The van der Waals surface area contributed by atoms with Gasteiger partial charge in [-0.25, -0.2) is 8.42 Å². The summed E-state index contributed by atoms with van der Waals surface area (Å²) in [7, 11) is -3.66. The van der Waals surface area contributed by atoms with Crippen molar-refractivity contribution in [2.75, 3.05) is 4.72 Å². The van der Waals surface area contributed by atoms with Crippen molar-refractivity contribution in [3.8, 4) is 11.5 Å². The molecule has 0 fully saturated rings. The molecular formula is C27H24N3O3S+. The Kier molecular flexibility index (Phi) is 5.88. The van der Waals surface area contributed by atoms with Crippen LogP contribution in [-0.4, -0.2) is 14.3 Å². The van der Waals surface area contributed by atoms with E-state index in [1.165, 1.54) is 0 Å². The SMILES string of the molecule is Cc1ccc(S(=O)(=O)Nc2ccc3c(c2)N=C(Cc2ccc(Oc4ccccc4)cc2)[NH2+]3)cc1. The molecule has 4 aromatic carbocycles. The first-order valence-corrected chi connectivity index (χ1v) is 12.4. The Labute approximate surface area is 199 Å². The van der Waals surface area contributed by atoms with Gasteiger partial charge in [-0.15, -0.1) is 0 Å². The summed E-state index contributed by atoms with van der Waals surface area (Å²) in [5, 5.41) is 2.03.